The van der Waals surface area contributed by atoms with Crippen LogP contribution in [0.5, 0.6) is 0 Å². The summed E-state index contributed by atoms with van der Waals surface area (Å²) < 4.78 is 0. The smallest absolute Gasteiger partial charge is 0.312 e. The molecule has 4 nitrogen and oxygen atoms in total. The van der Waals surface area contributed by atoms with E-state index < -0.39 is 0 Å². The number of carbonyl (C=O) groups excluding carboxylic acids is 2. The highest BCUT2D eigenvalue weighted by molar-refractivity contribution is 5.80. The number of nitrogens with zero attached hydrogens (tertiary/aromatic N) is 2. The average Bonchev–Trinajstić information content (AvgIpc) is 1.95. The Bertz CT molecular complexity index is 158. The second kappa shape index (κ2) is 2.68. The van der Waals surface area contributed by atoms with E-state index in [1.165, 1.54) is 4.90 Å². The Labute approximate surface area is 59.4 Å². The summed E-state index contributed by atoms with van der Waals surface area (Å²) in [6.45, 7) is 1.40. The lowest BCUT2D eigenvalue weighted by Gasteiger charge is -2.28. The van der Waals surface area contributed by atoms with Gasteiger partial charge in [0.05, 0.1) is 0 Å². The Hall–Kier alpha value is -1.06. The van der Waals surface area contributed by atoms with Gasteiger partial charge in [0.15, 0.2) is 0 Å². The summed E-state index contributed by atoms with van der Waals surface area (Å²) in [6.07, 6.45) is 1.69. The predicted octanol–water partition coefficient (Wildman–Crippen LogP) is -1.17. The minimum absolute atomic E-state index is 0.0189. The molecule has 1 fully saturated rings. The molecule has 0 atom stereocenters. The van der Waals surface area contributed by atoms with E-state index in [-0.39, 0.29) is 12.5 Å². The van der Waals surface area contributed by atoms with Gasteiger partial charge in [-0.2, -0.15) is 0 Å². The van der Waals surface area contributed by atoms with Crippen LogP contribution in [0.2, 0.25) is 0 Å². The van der Waals surface area contributed by atoms with Gasteiger partial charge in [-0.05, 0) is 0 Å². The third-order valence-electron chi connectivity index (χ3n) is 1.59. The van der Waals surface area contributed by atoms with Gasteiger partial charge in [-0.25, -0.2) is 0 Å². The third kappa shape index (κ3) is 1.26. The van der Waals surface area contributed by atoms with E-state index in [9.17, 15) is 9.59 Å². The Kier molecular flexibility index (Phi) is 1.89. The molecule has 0 saturated carbocycles. The van der Waals surface area contributed by atoms with Crippen LogP contribution < -0.4 is 0 Å². The fraction of sp³-hybridized carbons (Fsp3) is 0.667. The van der Waals surface area contributed by atoms with Crippen LogP contribution in [0.25, 0.3) is 0 Å². The average molecular weight is 141 g/mol. The van der Waals surface area contributed by atoms with Crippen molar-refractivity contribution in [3.63, 3.8) is 0 Å². The summed E-state index contributed by atoms with van der Waals surface area (Å²) in [5.41, 5.74) is 0. The van der Waals surface area contributed by atoms with E-state index in [0.29, 0.717) is 13.1 Å². The van der Waals surface area contributed by atoms with Gasteiger partial charge in [-0.3, -0.25) is 9.59 Å². The van der Waals surface area contributed by atoms with Crippen molar-refractivity contribution in [1.29, 1.82) is 0 Å². The number of carbonyl (C=O) groups is 1. The second-order valence-corrected chi connectivity index (χ2v) is 2.33. The number of hydrogen-bond acceptors (Lipinski definition) is 2. The lowest BCUT2D eigenvalue weighted by atomic mass is 10.3. The zero-order chi connectivity index (χ0) is 7.56. The Morgan fingerprint density at radius 2 is 2.20 bits per heavy atom. The number of piperazine rings is 1. The molecule has 55 valence electrons. The highest BCUT2D eigenvalue weighted by atomic mass is 16.2. The Morgan fingerprint density at radius 3 is 2.70 bits per heavy atom. The van der Waals surface area contributed by atoms with Gasteiger partial charge in [-0.1, -0.05) is 0 Å². The molecule has 0 aromatic heterocycles. The van der Waals surface area contributed by atoms with Crippen molar-refractivity contribution in [2.45, 2.75) is 0 Å². The molecule has 1 aliphatic heterocycles. The van der Waals surface area contributed by atoms with E-state index >= 15 is 0 Å². The van der Waals surface area contributed by atoms with Gasteiger partial charge in [-0.15, -0.1) is 0 Å². The lowest BCUT2D eigenvalue weighted by molar-refractivity contribution is -0.132. The third-order valence-corrected chi connectivity index (χ3v) is 1.59. The fourth-order valence-corrected chi connectivity index (χ4v) is 0.836. The van der Waals surface area contributed by atoms with Crippen LogP contribution in [0, 0.1) is 0 Å². The number of hydrogen-bond donors (Lipinski definition) is 0. The van der Waals surface area contributed by atoms with Crippen molar-refractivity contribution in [1.82, 2.24) is 9.80 Å². The molecule has 1 rings (SSSR count). The summed E-state index contributed by atoms with van der Waals surface area (Å²) in [7, 11) is 1.73. The van der Waals surface area contributed by atoms with Crippen molar-refractivity contribution in [2.75, 3.05) is 26.7 Å². The zero-order valence-corrected chi connectivity index (χ0v) is 5.83. The molecule has 1 radical (unpaired) electrons. The second-order valence-electron chi connectivity index (χ2n) is 2.33. The van der Waals surface area contributed by atoms with Crippen LogP contribution in [-0.4, -0.2) is 48.8 Å². The van der Waals surface area contributed by atoms with E-state index in [2.05, 4.69) is 0 Å². The highest BCUT2D eigenvalue weighted by Crippen LogP contribution is 1.96. The molecule has 0 aliphatic carbocycles. The van der Waals surface area contributed by atoms with Crippen LogP contribution in [0.1, 0.15) is 0 Å². The van der Waals surface area contributed by atoms with Gasteiger partial charge in [0.2, 0.25) is 5.91 Å². The zero-order valence-electron chi connectivity index (χ0n) is 5.83. The van der Waals surface area contributed by atoms with Gasteiger partial charge in [0, 0.05) is 20.1 Å². The quantitative estimate of drug-likeness (QED) is 0.461. The molecule has 10 heavy (non-hydrogen) atoms. The van der Waals surface area contributed by atoms with Crippen molar-refractivity contribution in [2.24, 2.45) is 0 Å². The van der Waals surface area contributed by atoms with Crippen LogP contribution in [0.3, 0.4) is 0 Å². The lowest BCUT2D eigenvalue weighted by Crippen LogP contribution is -2.47. The molecule has 2 amide bonds. The topological polar surface area (TPSA) is 40.6 Å². The first-order valence-corrected chi connectivity index (χ1v) is 3.10. The molecule has 1 heterocycles. The summed E-state index contributed by atoms with van der Waals surface area (Å²) in [4.78, 5) is 23.9. The van der Waals surface area contributed by atoms with Gasteiger partial charge < -0.3 is 9.80 Å². The Balaban J connectivity index is 2.48. The summed E-state index contributed by atoms with van der Waals surface area (Å²) in [5.74, 6) is -0.0189. The molecule has 0 unspecified atom stereocenters. The van der Waals surface area contributed by atoms with Crippen molar-refractivity contribution in [3.05, 3.63) is 0 Å². The molecule has 1 saturated heterocycles. The number of rotatable bonds is 1. The molecule has 4 heteroatoms. The number of amides is 2. The maximum Gasteiger partial charge on any atom is 0.312 e. The molecule has 0 spiro atoms. The first-order chi connectivity index (χ1) is 4.74. The Morgan fingerprint density at radius 1 is 1.50 bits per heavy atom. The van der Waals surface area contributed by atoms with E-state index in [4.69, 9.17) is 0 Å². The normalized spacial score (nSPS) is 19.5. The summed E-state index contributed by atoms with van der Waals surface area (Å²) in [5, 5.41) is 0. The first kappa shape index (κ1) is 7.05. The minimum atomic E-state index is -0.0189. The number of likely N-dealkylation sites (N-methyl/N-ethyl adjacent to an activating group) is 1. The van der Waals surface area contributed by atoms with Gasteiger partial charge in [0.1, 0.15) is 6.54 Å². The maximum absolute atomic E-state index is 10.9. The maximum atomic E-state index is 10.9. The molecular weight excluding hydrogens is 132 g/mol. The van der Waals surface area contributed by atoms with E-state index in [1.807, 2.05) is 0 Å². The predicted molar refractivity (Wildman–Crippen MR) is 34.9 cm³/mol. The molecule has 1 aliphatic rings. The largest absolute Gasteiger partial charge is 0.342 e. The first-order valence-electron chi connectivity index (χ1n) is 3.10. The van der Waals surface area contributed by atoms with Crippen LogP contribution in [0.15, 0.2) is 0 Å². The molecule has 0 N–H and O–H groups in total. The van der Waals surface area contributed by atoms with Crippen LogP contribution in [0.4, 0.5) is 0 Å². The molecular formula is C6H9N2O2. The monoisotopic (exact) mass is 141 g/mol. The van der Waals surface area contributed by atoms with Crippen molar-refractivity contribution >= 4 is 12.3 Å². The molecule has 0 aromatic carbocycles. The molecule has 0 bridgehead atoms. The van der Waals surface area contributed by atoms with Crippen LogP contribution >= 0.6 is 0 Å². The van der Waals surface area contributed by atoms with E-state index in [1.54, 1.807) is 18.4 Å². The van der Waals surface area contributed by atoms with E-state index in [0.717, 1.165) is 0 Å². The van der Waals surface area contributed by atoms with Gasteiger partial charge in [0.25, 0.3) is 0 Å². The summed E-state index contributed by atoms with van der Waals surface area (Å²) >= 11 is 0. The van der Waals surface area contributed by atoms with Crippen molar-refractivity contribution < 1.29 is 9.59 Å². The summed E-state index contributed by atoms with van der Waals surface area (Å²) in [6, 6.07) is 0. The SMILES string of the molecule is CN1CCN([C]=O)CC1=O. The fourth-order valence-electron chi connectivity index (χ4n) is 0.836. The van der Waals surface area contributed by atoms with Gasteiger partial charge >= 0.3 is 6.41 Å². The molecule has 0 aromatic rings. The van der Waals surface area contributed by atoms with Crippen molar-refractivity contribution in [3.8, 4) is 0 Å². The van der Waals surface area contributed by atoms with Crippen LogP contribution in [-0.2, 0) is 9.59 Å². The minimum Gasteiger partial charge on any atom is -0.342 e. The standard InChI is InChI=1S/C6H9N2O2/c1-7-2-3-8(5-9)4-6(7)10/h2-4H2,1H3. The highest BCUT2D eigenvalue weighted by Gasteiger charge is 2.19.